The highest BCUT2D eigenvalue weighted by molar-refractivity contribution is 5.17. The van der Waals surface area contributed by atoms with Crippen LogP contribution < -0.4 is 5.32 Å². The summed E-state index contributed by atoms with van der Waals surface area (Å²) in [7, 11) is 1.95. The van der Waals surface area contributed by atoms with Crippen molar-refractivity contribution in [3.63, 3.8) is 0 Å². The summed E-state index contributed by atoms with van der Waals surface area (Å²) in [6, 6.07) is 6.45. The Morgan fingerprint density at radius 3 is 2.89 bits per heavy atom. The standard InChI is InChI=1S/C14H20N4/c1-3-7-16-14(12-5-4-8-15-11-12)10-13-6-9-18(2)17-13/h4-6,8-9,11,14,16H,3,7,10H2,1-2H3. The maximum absolute atomic E-state index is 4.44. The molecule has 18 heavy (non-hydrogen) atoms. The van der Waals surface area contributed by atoms with Crippen LogP contribution in [0.1, 0.15) is 30.6 Å². The number of nitrogens with zero attached hydrogens (tertiary/aromatic N) is 3. The van der Waals surface area contributed by atoms with Gasteiger partial charge in [-0.25, -0.2) is 0 Å². The second-order valence-electron chi connectivity index (χ2n) is 4.48. The van der Waals surface area contributed by atoms with Gasteiger partial charge in [-0.15, -0.1) is 0 Å². The predicted octanol–water partition coefficient (Wildman–Crippen LogP) is 2.10. The van der Waals surface area contributed by atoms with E-state index in [1.165, 1.54) is 5.56 Å². The predicted molar refractivity (Wildman–Crippen MR) is 72.2 cm³/mol. The molecular formula is C14H20N4. The van der Waals surface area contributed by atoms with Crippen molar-refractivity contribution in [3.05, 3.63) is 48.0 Å². The van der Waals surface area contributed by atoms with E-state index in [2.05, 4.69) is 34.5 Å². The third kappa shape index (κ3) is 3.40. The Morgan fingerprint density at radius 1 is 1.39 bits per heavy atom. The highest BCUT2D eigenvalue weighted by Gasteiger charge is 2.12. The molecule has 0 amide bonds. The van der Waals surface area contributed by atoms with Crippen molar-refractivity contribution < 1.29 is 0 Å². The van der Waals surface area contributed by atoms with Crippen molar-refractivity contribution in [2.24, 2.45) is 7.05 Å². The average Bonchev–Trinajstić information content (AvgIpc) is 2.81. The molecule has 0 aromatic carbocycles. The van der Waals surface area contributed by atoms with E-state index >= 15 is 0 Å². The Kier molecular flexibility index (Phi) is 4.47. The average molecular weight is 244 g/mol. The summed E-state index contributed by atoms with van der Waals surface area (Å²) in [5, 5.41) is 7.99. The quantitative estimate of drug-likeness (QED) is 0.846. The molecule has 1 atom stereocenters. The molecule has 2 aromatic heterocycles. The molecule has 0 aliphatic heterocycles. The summed E-state index contributed by atoms with van der Waals surface area (Å²) in [6.07, 6.45) is 7.73. The molecule has 2 aromatic rings. The number of hydrogen-bond acceptors (Lipinski definition) is 3. The number of hydrogen-bond donors (Lipinski definition) is 1. The monoisotopic (exact) mass is 244 g/mol. The molecule has 2 rings (SSSR count). The summed E-state index contributed by atoms with van der Waals surface area (Å²) < 4.78 is 1.84. The molecule has 4 nitrogen and oxygen atoms in total. The van der Waals surface area contributed by atoms with Gasteiger partial charge in [-0.3, -0.25) is 9.67 Å². The maximum atomic E-state index is 4.44. The molecule has 1 N–H and O–H groups in total. The third-order valence-corrected chi connectivity index (χ3v) is 2.91. The van der Waals surface area contributed by atoms with Crippen LogP contribution in [0.3, 0.4) is 0 Å². The van der Waals surface area contributed by atoms with Crippen molar-refractivity contribution in [1.82, 2.24) is 20.1 Å². The fraction of sp³-hybridized carbons (Fsp3) is 0.429. The van der Waals surface area contributed by atoms with Gasteiger partial charge in [-0.2, -0.15) is 5.10 Å². The molecular weight excluding hydrogens is 224 g/mol. The molecule has 96 valence electrons. The summed E-state index contributed by atoms with van der Waals surface area (Å²) in [5.41, 5.74) is 2.33. The first-order valence-electron chi connectivity index (χ1n) is 6.41. The van der Waals surface area contributed by atoms with Gasteiger partial charge in [0.2, 0.25) is 0 Å². The minimum absolute atomic E-state index is 0.286. The van der Waals surface area contributed by atoms with E-state index in [-0.39, 0.29) is 6.04 Å². The molecule has 0 radical (unpaired) electrons. The summed E-state index contributed by atoms with van der Waals surface area (Å²) in [4.78, 5) is 4.19. The first-order valence-corrected chi connectivity index (χ1v) is 6.41. The Morgan fingerprint density at radius 2 is 2.28 bits per heavy atom. The van der Waals surface area contributed by atoms with Crippen molar-refractivity contribution in [3.8, 4) is 0 Å². The minimum Gasteiger partial charge on any atom is -0.310 e. The van der Waals surface area contributed by atoms with Crippen LogP contribution in [-0.4, -0.2) is 21.3 Å². The minimum atomic E-state index is 0.286. The fourth-order valence-corrected chi connectivity index (χ4v) is 1.99. The first kappa shape index (κ1) is 12.8. The Bertz CT molecular complexity index is 464. The topological polar surface area (TPSA) is 42.7 Å². The van der Waals surface area contributed by atoms with Crippen molar-refractivity contribution in [1.29, 1.82) is 0 Å². The Hall–Kier alpha value is -1.68. The maximum Gasteiger partial charge on any atom is 0.0643 e. The summed E-state index contributed by atoms with van der Waals surface area (Å²) in [6.45, 7) is 3.18. The molecule has 0 aliphatic carbocycles. The van der Waals surface area contributed by atoms with Crippen molar-refractivity contribution in [2.75, 3.05) is 6.54 Å². The van der Waals surface area contributed by atoms with Gasteiger partial charge in [0.1, 0.15) is 0 Å². The van der Waals surface area contributed by atoms with E-state index in [0.717, 1.165) is 25.1 Å². The van der Waals surface area contributed by atoms with Crippen LogP contribution in [0.15, 0.2) is 36.8 Å². The highest BCUT2D eigenvalue weighted by atomic mass is 15.2. The zero-order valence-electron chi connectivity index (χ0n) is 11.0. The molecule has 0 fully saturated rings. The molecule has 0 aliphatic rings. The van der Waals surface area contributed by atoms with E-state index in [4.69, 9.17) is 0 Å². The molecule has 2 heterocycles. The summed E-state index contributed by atoms with van der Waals surface area (Å²) in [5.74, 6) is 0. The third-order valence-electron chi connectivity index (χ3n) is 2.91. The molecule has 0 saturated heterocycles. The number of aryl methyl sites for hydroxylation is 1. The van der Waals surface area contributed by atoms with E-state index < -0.39 is 0 Å². The van der Waals surface area contributed by atoms with E-state index in [1.54, 1.807) is 6.20 Å². The van der Waals surface area contributed by atoms with Crippen molar-refractivity contribution in [2.45, 2.75) is 25.8 Å². The van der Waals surface area contributed by atoms with Gasteiger partial charge in [-0.05, 0) is 30.7 Å². The van der Waals surface area contributed by atoms with Gasteiger partial charge >= 0.3 is 0 Å². The zero-order valence-corrected chi connectivity index (χ0v) is 11.0. The second kappa shape index (κ2) is 6.31. The number of nitrogens with one attached hydrogen (secondary N) is 1. The SMILES string of the molecule is CCCNC(Cc1ccn(C)n1)c1cccnc1. The zero-order chi connectivity index (χ0) is 12.8. The molecule has 1 unspecified atom stereocenters. The van der Waals surface area contributed by atoms with Gasteiger partial charge in [0.05, 0.1) is 5.69 Å². The van der Waals surface area contributed by atoms with Crippen LogP contribution >= 0.6 is 0 Å². The van der Waals surface area contributed by atoms with Crippen molar-refractivity contribution >= 4 is 0 Å². The molecule has 4 heteroatoms. The lowest BCUT2D eigenvalue weighted by molar-refractivity contribution is 0.520. The first-order chi connectivity index (χ1) is 8.79. The smallest absolute Gasteiger partial charge is 0.0643 e. The Balaban J connectivity index is 2.10. The van der Waals surface area contributed by atoms with Crippen LogP contribution in [0, 0.1) is 0 Å². The number of aromatic nitrogens is 3. The number of rotatable bonds is 6. The van der Waals surface area contributed by atoms with Gasteiger partial charge in [-0.1, -0.05) is 13.0 Å². The van der Waals surface area contributed by atoms with Crippen LogP contribution in [0.4, 0.5) is 0 Å². The van der Waals surface area contributed by atoms with Crippen LogP contribution in [0.25, 0.3) is 0 Å². The van der Waals surface area contributed by atoms with Crippen LogP contribution in [0.5, 0.6) is 0 Å². The van der Waals surface area contributed by atoms with E-state index in [9.17, 15) is 0 Å². The van der Waals surface area contributed by atoms with E-state index in [1.807, 2.05) is 30.2 Å². The fourth-order valence-electron chi connectivity index (χ4n) is 1.99. The van der Waals surface area contributed by atoms with E-state index in [0.29, 0.717) is 0 Å². The molecule has 0 spiro atoms. The van der Waals surface area contributed by atoms with Crippen LogP contribution in [-0.2, 0) is 13.5 Å². The molecule has 0 saturated carbocycles. The van der Waals surface area contributed by atoms with Gasteiger partial charge in [0, 0.05) is 38.1 Å². The van der Waals surface area contributed by atoms with Gasteiger partial charge in [0.15, 0.2) is 0 Å². The summed E-state index contributed by atoms with van der Waals surface area (Å²) >= 11 is 0. The lowest BCUT2D eigenvalue weighted by Gasteiger charge is -2.17. The normalized spacial score (nSPS) is 12.6. The van der Waals surface area contributed by atoms with Gasteiger partial charge < -0.3 is 5.32 Å². The Labute approximate surface area is 108 Å². The van der Waals surface area contributed by atoms with Gasteiger partial charge in [0.25, 0.3) is 0 Å². The number of pyridine rings is 1. The lowest BCUT2D eigenvalue weighted by atomic mass is 10.0. The highest BCUT2D eigenvalue weighted by Crippen LogP contribution is 2.16. The lowest BCUT2D eigenvalue weighted by Crippen LogP contribution is -2.24. The largest absolute Gasteiger partial charge is 0.310 e. The van der Waals surface area contributed by atoms with Crippen LogP contribution in [0.2, 0.25) is 0 Å². The second-order valence-corrected chi connectivity index (χ2v) is 4.48. The molecule has 0 bridgehead atoms.